The lowest BCUT2D eigenvalue weighted by atomic mass is 9.85. The first-order valence-electron chi connectivity index (χ1n) is 6.31. The molecule has 1 rings (SSSR count). The number of carbonyl (C=O) groups is 2. The normalized spacial score (nSPS) is 11.3. The molecule has 0 bridgehead atoms. The van der Waals surface area contributed by atoms with E-state index < -0.39 is 11.9 Å². The molecule has 2 N–H and O–H groups in total. The van der Waals surface area contributed by atoms with Gasteiger partial charge in [0, 0.05) is 12.6 Å². The number of hydrogen-bond acceptors (Lipinski definition) is 4. The molecule has 0 saturated carbocycles. The van der Waals surface area contributed by atoms with E-state index in [-0.39, 0.29) is 11.5 Å². The van der Waals surface area contributed by atoms with Crippen molar-refractivity contribution in [1.29, 1.82) is 0 Å². The summed E-state index contributed by atoms with van der Waals surface area (Å²) in [6.07, 6.45) is 0. The number of carbonyl (C=O) groups excluding carboxylic acids is 1. The number of amides is 1. The zero-order valence-corrected chi connectivity index (χ0v) is 11.6. The summed E-state index contributed by atoms with van der Waals surface area (Å²) in [5, 5.41) is 14.9. The molecular formula is C13H20N2O4. The van der Waals surface area contributed by atoms with E-state index in [2.05, 4.69) is 42.7 Å². The topological polar surface area (TPSA) is 92.4 Å². The van der Waals surface area contributed by atoms with Gasteiger partial charge in [0.25, 0.3) is 5.91 Å². The third-order valence-corrected chi connectivity index (χ3v) is 3.16. The highest BCUT2D eigenvalue weighted by Crippen LogP contribution is 2.19. The van der Waals surface area contributed by atoms with Gasteiger partial charge in [0.2, 0.25) is 5.76 Å². The van der Waals surface area contributed by atoms with Gasteiger partial charge in [-0.05, 0) is 17.8 Å². The van der Waals surface area contributed by atoms with Gasteiger partial charge in [-0.25, -0.2) is 4.79 Å². The largest absolute Gasteiger partial charge is 0.475 e. The number of carboxylic acid groups (broad SMARTS) is 1. The summed E-state index contributed by atoms with van der Waals surface area (Å²) >= 11 is 0. The Kier molecular flexibility index (Phi) is 5.09. The van der Waals surface area contributed by atoms with E-state index in [0.29, 0.717) is 24.3 Å². The molecule has 0 radical (unpaired) electrons. The molecule has 0 aromatic carbocycles. The van der Waals surface area contributed by atoms with Crippen LogP contribution in [-0.2, 0) is 0 Å². The number of hydrogen-bond donors (Lipinski definition) is 2. The second-order valence-corrected chi connectivity index (χ2v) is 5.24. The van der Waals surface area contributed by atoms with E-state index >= 15 is 0 Å². The Morgan fingerprint density at radius 1 is 1.32 bits per heavy atom. The van der Waals surface area contributed by atoms with Crippen LogP contribution in [0.1, 0.15) is 48.7 Å². The lowest BCUT2D eigenvalue weighted by Gasteiger charge is -2.24. The molecule has 0 saturated heterocycles. The van der Waals surface area contributed by atoms with Gasteiger partial charge in [0.1, 0.15) is 0 Å². The summed E-state index contributed by atoms with van der Waals surface area (Å²) in [5.74, 6) is -0.736. The van der Waals surface area contributed by atoms with Gasteiger partial charge in [-0.3, -0.25) is 4.79 Å². The number of nitrogens with one attached hydrogen (secondary N) is 1. The van der Waals surface area contributed by atoms with Crippen molar-refractivity contribution in [2.24, 2.45) is 17.8 Å². The van der Waals surface area contributed by atoms with Crippen molar-refractivity contribution in [2.45, 2.75) is 27.7 Å². The molecule has 1 heterocycles. The van der Waals surface area contributed by atoms with Crippen LogP contribution in [0, 0.1) is 17.8 Å². The summed E-state index contributed by atoms with van der Waals surface area (Å²) in [6.45, 7) is 8.96. The molecule has 6 nitrogen and oxygen atoms in total. The van der Waals surface area contributed by atoms with Crippen LogP contribution in [0.2, 0.25) is 0 Å². The average molecular weight is 268 g/mol. The minimum atomic E-state index is -1.24. The van der Waals surface area contributed by atoms with Crippen molar-refractivity contribution in [2.75, 3.05) is 6.54 Å². The first kappa shape index (κ1) is 15.2. The third-order valence-electron chi connectivity index (χ3n) is 3.16. The number of aromatic carboxylic acids is 1. The van der Waals surface area contributed by atoms with E-state index in [9.17, 15) is 9.59 Å². The molecular weight excluding hydrogens is 248 g/mol. The van der Waals surface area contributed by atoms with Crippen molar-refractivity contribution in [3.8, 4) is 0 Å². The van der Waals surface area contributed by atoms with Crippen LogP contribution in [0.25, 0.3) is 0 Å². The summed E-state index contributed by atoms with van der Waals surface area (Å²) in [5.41, 5.74) is -0.0105. The molecule has 6 heteroatoms. The Labute approximate surface area is 112 Å². The quantitative estimate of drug-likeness (QED) is 0.823. The van der Waals surface area contributed by atoms with E-state index in [1.165, 1.54) is 0 Å². The molecule has 0 atom stereocenters. The smallest absolute Gasteiger partial charge is 0.374 e. The van der Waals surface area contributed by atoms with Crippen LogP contribution in [-0.4, -0.2) is 28.7 Å². The number of rotatable bonds is 6. The molecule has 0 aliphatic carbocycles. The summed E-state index contributed by atoms with van der Waals surface area (Å²) in [4.78, 5) is 22.4. The zero-order chi connectivity index (χ0) is 14.6. The number of aromatic nitrogens is 1. The maximum Gasteiger partial charge on any atom is 0.374 e. The molecule has 106 valence electrons. The first-order valence-corrected chi connectivity index (χ1v) is 6.31. The van der Waals surface area contributed by atoms with Crippen molar-refractivity contribution in [3.05, 3.63) is 17.5 Å². The molecule has 1 aromatic rings. The highest BCUT2D eigenvalue weighted by molar-refractivity contribution is 5.94. The Bertz CT molecular complexity index is 443. The van der Waals surface area contributed by atoms with Gasteiger partial charge in [-0.1, -0.05) is 32.9 Å². The Balaban J connectivity index is 2.61. The summed E-state index contributed by atoms with van der Waals surface area (Å²) in [6, 6.07) is 1.12. The van der Waals surface area contributed by atoms with Gasteiger partial charge in [0.15, 0.2) is 5.69 Å². The van der Waals surface area contributed by atoms with Crippen molar-refractivity contribution < 1.29 is 19.2 Å². The minimum absolute atomic E-state index is 0.0105. The van der Waals surface area contributed by atoms with E-state index in [1.54, 1.807) is 0 Å². The third kappa shape index (κ3) is 4.08. The monoisotopic (exact) mass is 268 g/mol. The zero-order valence-electron chi connectivity index (χ0n) is 11.6. The molecule has 1 aromatic heterocycles. The SMILES string of the molecule is CC(C)C(CNC(=O)c1cc(C(=O)O)on1)C(C)C. The van der Waals surface area contributed by atoms with E-state index in [0.717, 1.165) is 6.07 Å². The molecule has 0 spiro atoms. The van der Waals surface area contributed by atoms with Gasteiger partial charge in [0.05, 0.1) is 0 Å². The van der Waals surface area contributed by atoms with Crippen LogP contribution in [0.15, 0.2) is 10.6 Å². The second-order valence-electron chi connectivity index (χ2n) is 5.24. The predicted molar refractivity (Wildman–Crippen MR) is 69.0 cm³/mol. The van der Waals surface area contributed by atoms with Gasteiger partial charge in [-0.2, -0.15) is 0 Å². The summed E-state index contributed by atoms with van der Waals surface area (Å²) in [7, 11) is 0. The standard InChI is InChI=1S/C13H20N2O4/c1-7(2)9(8(3)4)6-14-12(16)10-5-11(13(17)18)19-15-10/h5,7-9H,6H2,1-4H3,(H,14,16)(H,17,18). The Morgan fingerprint density at radius 2 is 1.89 bits per heavy atom. The maximum absolute atomic E-state index is 11.8. The Hall–Kier alpha value is -1.85. The number of carboxylic acids is 1. The maximum atomic E-state index is 11.8. The second kappa shape index (κ2) is 6.36. The predicted octanol–water partition coefficient (Wildman–Crippen LogP) is 2.03. The molecule has 1 amide bonds. The van der Waals surface area contributed by atoms with Crippen molar-refractivity contribution in [3.63, 3.8) is 0 Å². The van der Waals surface area contributed by atoms with Gasteiger partial charge >= 0.3 is 5.97 Å². The lowest BCUT2D eigenvalue weighted by Crippen LogP contribution is -2.34. The van der Waals surface area contributed by atoms with Gasteiger partial charge < -0.3 is 14.9 Å². The molecule has 19 heavy (non-hydrogen) atoms. The number of nitrogens with zero attached hydrogens (tertiary/aromatic N) is 1. The fourth-order valence-electron chi connectivity index (χ4n) is 2.03. The van der Waals surface area contributed by atoms with E-state index in [4.69, 9.17) is 5.11 Å². The summed E-state index contributed by atoms with van der Waals surface area (Å²) < 4.78 is 4.54. The molecule has 0 unspecified atom stereocenters. The van der Waals surface area contributed by atoms with Crippen LogP contribution < -0.4 is 5.32 Å². The average Bonchev–Trinajstić information content (AvgIpc) is 2.77. The highest BCUT2D eigenvalue weighted by Gasteiger charge is 2.21. The van der Waals surface area contributed by atoms with Crippen LogP contribution in [0.5, 0.6) is 0 Å². The van der Waals surface area contributed by atoms with Crippen LogP contribution in [0.4, 0.5) is 0 Å². The minimum Gasteiger partial charge on any atom is -0.475 e. The first-order chi connectivity index (χ1) is 8.82. The van der Waals surface area contributed by atoms with Crippen molar-refractivity contribution >= 4 is 11.9 Å². The molecule has 0 aliphatic rings. The van der Waals surface area contributed by atoms with Crippen molar-refractivity contribution in [1.82, 2.24) is 10.5 Å². The fraction of sp³-hybridized carbons (Fsp3) is 0.615. The van der Waals surface area contributed by atoms with E-state index in [1.807, 2.05) is 0 Å². The van der Waals surface area contributed by atoms with Gasteiger partial charge in [-0.15, -0.1) is 0 Å². The Morgan fingerprint density at radius 3 is 2.32 bits per heavy atom. The highest BCUT2D eigenvalue weighted by atomic mass is 16.5. The van der Waals surface area contributed by atoms with Crippen LogP contribution in [0.3, 0.4) is 0 Å². The molecule has 0 aliphatic heterocycles. The van der Waals surface area contributed by atoms with Crippen LogP contribution >= 0.6 is 0 Å². The fourth-order valence-corrected chi connectivity index (χ4v) is 2.03. The lowest BCUT2D eigenvalue weighted by molar-refractivity contribution is 0.0651. The molecule has 0 fully saturated rings.